The number of sulfonamides is 1. The summed E-state index contributed by atoms with van der Waals surface area (Å²) in [6.07, 6.45) is -5.02. The van der Waals surface area contributed by atoms with Gasteiger partial charge < -0.3 is 5.32 Å². The lowest BCUT2D eigenvalue weighted by Crippen LogP contribution is -2.29. The van der Waals surface area contributed by atoms with Crippen LogP contribution in [0, 0.1) is 13.8 Å². The van der Waals surface area contributed by atoms with Crippen molar-refractivity contribution in [3.8, 4) is 0 Å². The predicted molar refractivity (Wildman–Crippen MR) is 87.9 cm³/mol. The molecule has 134 valence electrons. The van der Waals surface area contributed by atoms with Crippen LogP contribution in [0.5, 0.6) is 0 Å². The summed E-state index contributed by atoms with van der Waals surface area (Å²) in [4.78, 5) is 10.7. The van der Waals surface area contributed by atoms with E-state index in [0.717, 1.165) is 35.4 Å². The molecule has 2 aromatic rings. The Balaban J connectivity index is 2.19. The van der Waals surface area contributed by atoms with Crippen molar-refractivity contribution in [2.24, 2.45) is 0 Å². The molecule has 0 atom stereocenters. The van der Waals surface area contributed by atoms with E-state index in [0.29, 0.717) is 5.69 Å². The summed E-state index contributed by atoms with van der Waals surface area (Å²) in [7, 11) is -3.91. The van der Waals surface area contributed by atoms with Gasteiger partial charge in [-0.2, -0.15) is 13.2 Å². The second kappa shape index (κ2) is 6.75. The molecule has 9 heteroatoms. The topological polar surface area (TPSA) is 75.3 Å². The number of halogens is 3. The van der Waals surface area contributed by atoms with E-state index < -0.39 is 22.1 Å². The maximum atomic E-state index is 12.3. The van der Waals surface area contributed by atoms with Crippen LogP contribution >= 0.6 is 0 Å². The fourth-order valence-electron chi connectivity index (χ4n) is 2.17. The minimum atomic E-state index is -5.02. The Morgan fingerprint density at radius 1 is 0.920 bits per heavy atom. The Morgan fingerprint density at radius 3 is 1.92 bits per heavy atom. The third kappa shape index (κ3) is 4.96. The van der Waals surface area contributed by atoms with Crippen molar-refractivity contribution < 1.29 is 26.4 Å². The van der Waals surface area contributed by atoms with Crippen LogP contribution in [0.1, 0.15) is 11.1 Å². The monoisotopic (exact) mass is 372 g/mol. The number of hydrogen-bond acceptors (Lipinski definition) is 3. The Labute approximate surface area is 142 Å². The average molecular weight is 372 g/mol. The van der Waals surface area contributed by atoms with Gasteiger partial charge in [-0.25, -0.2) is 8.42 Å². The van der Waals surface area contributed by atoms with E-state index in [1.165, 1.54) is 0 Å². The molecular weight excluding hydrogens is 357 g/mol. The molecule has 0 aromatic heterocycles. The lowest BCUT2D eigenvalue weighted by Gasteiger charge is -2.11. The molecule has 2 rings (SSSR count). The molecule has 0 saturated heterocycles. The summed E-state index contributed by atoms with van der Waals surface area (Å²) < 4.78 is 63.7. The molecule has 5 nitrogen and oxygen atoms in total. The van der Waals surface area contributed by atoms with Crippen LogP contribution < -0.4 is 10.0 Å². The summed E-state index contributed by atoms with van der Waals surface area (Å²) in [6, 6.07) is 9.58. The second-order valence-electron chi connectivity index (χ2n) is 5.46. The van der Waals surface area contributed by atoms with Crippen molar-refractivity contribution in [1.29, 1.82) is 0 Å². The summed E-state index contributed by atoms with van der Waals surface area (Å²) in [5.41, 5.74) is 1.98. The van der Waals surface area contributed by atoms with E-state index in [2.05, 4.69) is 4.72 Å². The third-order valence-electron chi connectivity index (χ3n) is 3.15. The van der Waals surface area contributed by atoms with E-state index in [4.69, 9.17) is 0 Å². The van der Waals surface area contributed by atoms with Crippen molar-refractivity contribution in [3.05, 3.63) is 53.6 Å². The molecule has 0 fully saturated rings. The lowest BCUT2D eigenvalue weighted by atomic mass is 10.1. The van der Waals surface area contributed by atoms with Gasteiger partial charge in [-0.15, -0.1) is 0 Å². The van der Waals surface area contributed by atoms with Crippen LogP contribution in [0.4, 0.5) is 24.5 Å². The third-order valence-corrected chi connectivity index (χ3v) is 4.55. The molecule has 0 radical (unpaired) electrons. The van der Waals surface area contributed by atoms with E-state index in [9.17, 15) is 26.4 Å². The highest BCUT2D eigenvalue weighted by Crippen LogP contribution is 2.22. The molecule has 2 N–H and O–H groups in total. The molecule has 0 unspecified atom stereocenters. The van der Waals surface area contributed by atoms with Crippen LogP contribution in [0.2, 0.25) is 0 Å². The van der Waals surface area contributed by atoms with Gasteiger partial charge in [0, 0.05) is 11.4 Å². The fourth-order valence-corrected chi connectivity index (χ4v) is 3.21. The number of anilines is 2. The van der Waals surface area contributed by atoms with Crippen molar-refractivity contribution in [1.82, 2.24) is 0 Å². The van der Waals surface area contributed by atoms with E-state index in [1.807, 2.05) is 19.9 Å². The van der Waals surface area contributed by atoms with Crippen LogP contribution in [0.15, 0.2) is 47.4 Å². The molecule has 1 amide bonds. The van der Waals surface area contributed by atoms with Crippen LogP contribution in [0.3, 0.4) is 0 Å². The zero-order valence-corrected chi connectivity index (χ0v) is 14.1. The number of amides is 1. The maximum absolute atomic E-state index is 12.3. The van der Waals surface area contributed by atoms with Crippen LogP contribution in [-0.4, -0.2) is 20.5 Å². The number of benzene rings is 2. The van der Waals surface area contributed by atoms with Crippen LogP contribution in [-0.2, 0) is 14.8 Å². The molecule has 0 spiro atoms. The second-order valence-corrected chi connectivity index (χ2v) is 7.14. The summed E-state index contributed by atoms with van der Waals surface area (Å²) in [6.45, 7) is 3.64. The zero-order valence-electron chi connectivity index (χ0n) is 13.3. The van der Waals surface area contributed by atoms with Crippen molar-refractivity contribution in [2.45, 2.75) is 24.9 Å². The van der Waals surface area contributed by atoms with E-state index in [1.54, 1.807) is 17.4 Å². The molecule has 0 aliphatic heterocycles. The normalized spacial score (nSPS) is 11.9. The SMILES string of the molecule is Cc1cc(C)cc(NS(=O)(=O)c2ccc(NC(=O)C(F)(F)F)cc2)c1. The number of hydrogen-bond donors (Lipinski definition) is 2. The van der Waals surface area contributed by atoms with Gasteiger partial charge in [0.25, 0.3) is 10.0 Å². The highest BCUT2D eigenvalue weighted by Gasteiger charge is 2.38. The minimum Gasteiger partial charge on any atom is -0.318 e. The van der Waals surface area contributed by atoms with Crippen molar-refractivity contribution in [2.75, 3.05) is 10.0 Å². The summed E-state index contributed by atoms with van der Waals surface area (Å²) >= 11 is 0. The fraction of sp³-hybridized carbons (Fsp3) is 0.188. The highest BCUT2D eigenvalue weighted by molar-refractivity contribution is 7.92. The molecule has 0 aliphatic carbocycles. The molecule has 0 saturated carbocycles. The Kier molecular flexibility index (Phi) is 5.07. The zero-order chi connectivity index (χ0) is 18.8. The van der Waals surface area contributed by atoms with Gasteiger partial charge in [-0.1, -0.05) is 6.07 Å². The summed E-state index contributed by atoms with van der Waals surface area (Å²) in [5.74, 6) is -2.13. The lowest BCUT2D eigenvalue weighted by molar-refractivity contribution is -0.167. The largest absolute Gasteiger partial charge is 0.471 e. The van der Waals surface area contributed by atoms with Crippen LogP contribution in [0.25, 0.3) is 0 Å². The van der Waals surface area contributed by atoms with Gasteiger partial charge in [0.1, 0.15) is 0 Å². The van der Waals surface area contributed by atoms with Gasteiger partial charge in [-0.3, -0.25) is 9.52 Å². The van der Waals surface area contributed by atoms with Gasteiger partial charge in [0.2, 0.25) is 0 Å². The molecule has 25 heavy (non-hydrogen) atoms. The highest BCUT2D eigenvalue weighted by atomic mass is 32.2. The van der Waals surface area contributed by atoms with Gasteiger partial charge >= 0.3 is 12.1 Å². The smallest absolute Gasteiger partial charge is 0.318 e. The number of carbonyl (C=O) groups excluding carboxylic acids is 1. The molecule has 0 bridgehead atoms. The average Bonchev–Trinajstić information content (AvgIpc) is 2.45. The van der Waals surface area contributed by atoms with Gasteiger partial charge in [0.05, 0.1) is 4.90 Å². The van der Waals surface area contributed by atoms with E-state index in [-0.39, 0.29) is 10.6 Å². The number of carbonyl (C=O) groups is 1. The minimum absolute atomic E-state index is 0.142. The molecule has 0 heterocycles. The first-order valence-electron chi connectivity index (χ1n) is 7.07. The first kappa shape index (κ1) is 18.8. The number of rotatable bonds is 4. The Hall–Kier alpha value is -2.55. The molecule has 2 aromatic carbocycles. The maximum Gasteiger partial charge on any atom is 0.471 e. The van der Waals surface area contributed by atoms with E-state index >= 15 is 0 Å². The van der Waals surface area contributed by atoms with Crippen molar-refractivity contribution in [3.63, 3.8) is 0 Å². The first-order valence-corrected chi connectivity index (χ1v) is 8.55. The number of nitrogens with one attached hydrogen (secondary N) is 2. The van der Waals surface area contributed by atoms with Gasteiger partial charge in [-0.05, 0) is 61.4 Å². The molecular formula is C16H15F3N2O3S. The van der Waals surface area contributed by atoms with Crippen molar-refractivity contribution >= 4 is 27.3 Å². The number of alkyl halides is 3. The van der Waals surface area contributed by atoms with Gasteiger partial charge in [0.15, 0.2) is 0 Å². The number of aryl methyl sites for hydroxylation is 2. The first-order chi connectivity index (χ1) is 11.5. The summed E-state index contributed by atoms with van der Waals surface area (Å²) in [5, 5.41) is 1.65. The standard InChI is InChI=1S/C16H15F3N2O3S/c1-10-7-11(2)9-13(8-10)21-25(23,24)14-5-3-12(4-6-14)20-15(22)16(17,18)19/h3-9,21H,1-2H3,(H,20,22). The molecule has 0 aliphatic rings. The predicted octanol–water partition coefficient (Wildman–Crippen LogP) is 3.61. The quantitative estimate of drug-likeness (QED) is 0.861. The Bertz CT molecular complexity index is 872. The Morgan fingerprint density at radius 2 is 1.44 bits per heavy atom.